The molecule has 2 aromatic carbocycles. The number of para-hydroxylation sites is 2. The zero-order valence-corrected chi connectivity index (χ0v) is 23.2. The minimum Gasteiger partial charge on any atom is -0.299 e. The second-order valence-corrected chi connectivity index (χ2v) is 20.2. The Hall–Kier alpha value is -2.52. The molecule has 0 heterocycles. The Morgan fingerprint density at radius 2 is 1.09 bits per heavy atom. The van der Waals surface area contributed by atoms with Gasteiger partial charge in [0.25, 0.3) is 0 Å². The molecule has 2 aromatic rings. The number of hydrogen-bond donors (Lipinski definition) is 0. The molecule has 7 heteroatoms. The first-order valence-electron chi connectivity index (χ1n) is 11.8. The third-order valence-corrected chi connectivity index (χ3v) is 8.93. The zero-order chi connectivity index (χ0) is 24.2. The van der Waals surface area contributed by atoms with Crippen molar-refractivity contribution in [1.29, 1.82) is 0 Å². The molecule has 0 spiro atoms. The van der Waals surface area contributed by atoms with Crippen LogP contribution >= 0.6 is 0 Å². The summed E-state index contributed by atoms with van der Waals surface area (Å²) in [6.07, 6.45) is 2.62. The number of ketones is 1. The zero-order valence-electron chi connectivity index (χ0n) is 21.2. The predicted molar refractivity (Wildman–Crippen MR) is 147 cm³/mol. The van der Waals surface area contributed by atoms with Crippen LogP contribution in [0.25, 0.3) is 0 Å². The average molecular weight is 479 g/mol. The summed E-state index contributed by atoms with van der Waals surface area (Å²) < 4.78 is 4.38. The third-order valence-electron chi connectivity index (χ3n) is 5.67. The average Bonchev–Trinajstić information content (AvgIpc) is 2.75. The molecular weight excluding hydrogens is 440 g/mol. The fraction of sp³-hybridized carbons (Fsp3) is 0.423. The highest BCUT2D eigenvalue weighted by molar-refractivity contribution is 6.80. The second-order valence-electron chi connectivity index (χ2n) is 10.7. The first kappa shape index (κ1) is 25.1. The molecule has 0 amide bonds. The molecule has 3 rings (SSSR count). The molecule has 0 aliphatic heterocycles. The number of Topliss-reactive ketones (excluding diaryl/α,β-unsaturated/α-hetero) is 1. The van der Waals surface area contributed by atoms with Crippen molar-refractivity contribution in [3.8, 4) is 0 Å². The number of carbonyl (C=O) groups is 1. The summed E-state index contributed by atoms with van der Waals surface area (Å²) >= 11 is 0. The van der Waals surface area contributed by atoms with Crippen molar-refractivity contribution < 1.29 is 4.79 Å². The minimum atomic E-state index is -1.82. The van der Waals surface area contributed by atoms with Crippen molar-refractivity contribution in [2.45, 2.75) is 65.5 Å². The molecule has 0 saturated heterocycles. The van der Waals surface area contributed by atoms with Crippen LogP contribution in [-0.2, 0) is 4.79 Å². The van der Waals surface area contributed by atoms with Crippen molar-refractivity contribution in [3.05, 3.63) is 60.7 Å². The molecule has 0 atom stereocenters. The Morgan fingerprint density at radius 3 is 1.39 bits per heavy atom. The fourth-order valence-electron chi connectivity index (χ4n) is 4.20. The van der Waals surface area contributed by atoms with E-state index in [9.17, 15) is 4.79 Å². The number of carbonyl (C=O) groups excluding carboxylic acids is 1. The smallest absolute Gasteiger partial charge is 0.176 e. The summed E-state index contributed by atoms with van der Waals surface area (Å²) in [6, 6.07) is 20.6. The van der Waals surface area contributed by atoms with Crippen LogP contribution in [0.4, 0.5) is 11.4 Å². The van der Waals surface area contributed by atoms with Gasteiger partial charge in [-0.05, 0) is 89.7 Å². The summed E-state index contributed by atoms with van der Waals surface area (Å²) in [5.74, 6) is -0.233. The van der Waals surface area contributed by atoms with Gasteiger partial charge in [-0.1, -0.05) is 36.4 Å². The molecule has 1 aliphatic rings. The van der Waals surface area contributed by atoms with E-state index in [0.717, 1.165) is 42.1 Å². The van der Waals surface area contributed by atoms with E-state index in [4.69, 9.17) is 10.2 Å². The predicted octanol–water partition coefficient (Wildman–Crippen LogP) is 6.77. The maximum atomic E-state index is 13.0. The highest BCUT2D eigenvalue weighted by atomic mass is 28.3. The lowest BCUT2D eigenvalue weighted by Gasteiger charge is -2.36. The molecule has 176 valence electrons. The van der Waals surface area contributed by atoms with Gasteiger partial charge in [0.2, 0.25) is 0 Å². The number of anilines is 2. The van der Waals surface area contributed by atoms with Gasteiger partial charge in [0.05, 0.1) is 17.3 Å². The van der Waals surface area contributed by atoms with Gasteiger partial charge in [0, 0.05) is 11.4 Å². The molecule has 33 heavy (non-hydrogen) atoms. The maximum absolute atomic E-state index is 13.0. The van der Waals surface area contributed by atoms with Crippen LogP contribution in [0, 0.1) is 5.92 Å². The van der Waals surface area contributed by atoms with Gasteiger partial charge < -0.3 is 0 Å². The third kappa shape index (κ3) is 6.29. The Balaban J connectivity index is 2.07. The van der Waals surface area contributed by atoms with Crippen LogP contribution in [0.1, 0.15) is 26.2 Å². The minimum absolute atomic E-state index is 0.124. The number of hydrogen-bond acceptors (Lipinski definition) is 5. The van der Waals surface area contributed by atoms with Crippen molar-refractivity contribution in [1.82, 2.24) is 0 Å². The lowest BCUT2D eigenvalue weighted by molar-refractivity contribution is -0.117. The molecule has 1 aliphatic carbocycles. The van der Waals surface area contributed by atoms with Gasteiger partial charge in [-0.2, -0.15) is 10.2 Å². The van der Waals surface area contributed by atoms with E-state index in [-0.39, 0.29) is 11.7 Å². The van der Waals surface area contributed by atoms with Crippen LogP contribution in [-0.4, -0.2) is 33.7 Å². The van der Waals surface area contributed by atoms with Gasteiger partial charge in [0.15, 0.2) is 16.5 Å². The standard InChI is InChI=1S/C26H38N4OSi2/c1-21(31)26-24(27-29(32(2,3)4)22-15-10-8-11-16-22)19-14-20-25(26)28-30(33(5,6)7)23-17-12-9-13-18-23/h8-13,15-18,26H,14,19-20H2,1-7H3. The molecule has 0 bridgehead atoms. The molecule has 1 fully saturated rings. The van der Waals surface area contributed by atoms with Crippen LogP contribution < -0.4 is 9.35 Å². The topological polar surface area (TPSA) is 48.3 Å². The highest BCUT2D eigenvalue weighted by Crippen LogP contribution is 2.29. The van der Waals surface area contributed by atoms with E-state index in [1.807, 2.05) is 36.4 Å². The summed E-state index contributed by atoms with van der Waals surface area (Å²) in [5, 5.41) is 10.4. The molecule has 0 unspecified atom stereocenters. The lowest BCUT2D eigenvalue weighted by atomic mass is 9.83. The first-order chi connectivity index (χ1) is 15.5. The van der Waals surface area contributed by atoms with Crippen LogP contribution in [0.2, 0.25) is 39.3 Å². The van der Waals surface area contributed by atoms with Crippen LogP contribution in [0.15, 0.2) is 70.9 Å². The second kappa shape index (κ2) is 10.2. The lowest BCUT2D eigenvalue weighted by Crippen LogP contribution is -2.47. The van der Waals surface area contributed by atoms with Crippen molar-refractivity contribution in [3.63, 3.8) is 0 Å². The Labute approximate surface area is 201 Å². The number of nitrogens with zero attached hydrogens (tertiary/aromatic N) is 4. The molecule has 1 saturated carbocycles. The number of hydrazone groups is 2. The van der Waals surface area contributed by atoms with Crippen LogP contribution in [0.3, 0.4) is 0 Å². The van der Waals surface area contributed by atoms with E-state index in [0.29, 0.717) is 0 Å². The van der Waals surface area contributed by atoms with Gasteiger partial charge in [-0.15, -0.1) is 0 Å². The van der Waals surface area contributed by atoms with Gasteiger partial charge in [-0.3, -0.25) is 14.1 Å². The summed E-state index contributed by atoms with van der Waals surface area (Å²) in [6.45, 7) is 15.4. The fourth-order valence-corrected chi connectivity index (χ4v) is 6.91. The van der Waals surface area contributed by atoms with E-state index in [1.54, 1.807) is 6.92 Å². The monoisotopic (exact) mass is 478 g/mol. The Morgan fingerprint density at radius 1 is 0.727 bits per heavy atom. The Bertz CT molecular complexity index is 933. The van der Waals surface area contributed by atoms with E-state index in [1.165, 1.54) is 0 Å². The molecule has 0 N–H and O–H groups in total. The summed E-state index contributed by atoms with van der Waals surface area (Å²) in [4.78, 5) is 13.0. The normalized spacial score (nSPS) is 19.5. The van der Waals surface area contributed by atoms with Crippen molar-refractivity contribution in [2.75, 3.05) is 9.35 Å². The van der Waals surface area contributed by atoms with Crippen LogP contribution in [0.5, 0.6) is 0 Å². The molecule has 0 radical (unpaired) electrons. The van der Waals surface area contributed by atoms with Crippen molar-refractivity contribution >= 4 is 45.1 Å². The Kier molecular flexibility index (Phi) is 7.74. The van der Waals surface area contributed by atoms with E-state index < -0.39 is 16.5 Å². The van der Waals surface area contributed by atoms with Gasteiger partial charge in [-0.25, -0.2) is 0 Å². The first-order valence-corrected chi connectivity index (χ1v) is 18.7. The molecule has 0 aromatic heterocycles. The SMILES string of the molecule is CC(=O)C1C(=NN(c2ccccc2)[Si](C)(C)C)CCCC1=NN(c1ccccc1)[Si](C)(C)C. The maximum Gasteiger partial charge on any atom is 0.176 e. The quantitative estimate of drug-likeness (QED) is 0.326. The summed E-state index contributed by atoms with van der Waals surface area (Å²) in [7, 11) is -3.64. The van der Waals surface area contributed by atoms with E-state index in [2.05, 4.69) is 72.9 Å². The largest absolute Gasteiger partial charge is 0.299 e. The number of benzene rings is 2. The number of rotatable bonds is 7. The highest BCUT2D eigenvalue weighted by Gasteiger charge is 2.35. The van der Waals surface area contributed by atoms with Crippen molar-refractivity contribution in [2.24, 2.45) is 16.1 Å². The van der Waals surface area contributed by atoms with E-state index >= 15 is 0 Å². The van der Waals surface area contributed by atoms with Gasteiger partial charge in [0.1, 0.15) is 5.78 Å². The summed E-state index contributed by atoms with van der Waals surface area (Å²) in [5.41, 5.74) is 4.07. The molecule has 5 nitrogen and oxygen atoms in total. The van der Waals surface area contributed by atoms with Gasteiger partial charge >= 0.3 is 0 Å². The molecular formula is C26H38N4OSi2.